The summed E-state index contributed by atoms with van der Waals surface area (Å²) in [5.74, 6) is 0. The Kier molecular flexibility index (Phi) is 7.90. The molecule has 4 heterocycles. The molecular weight excluding hydrogens is 640 g/mol. The van der Waals surface area contributed by atoms with Crippen LogP contribution in [0.2, 0.25) is 5.02 Å². The summed E-state index contributed by atoms with van der Waals surface area (Å²) in [6.45, 7) is 0. The maximum atomic E-state index is 12.5. The number of rotatable bonds is 4. The highest BCUT2D eigenvalue weighted by Gasteiger charge is 2.22. The topological polar surface area (TPSA) is 109 Å². The molecule has 0 bridgehead atoms. The maximum absolute atomic E-state index is 12.5. The number of thioether (sulfide) groups is 1. The van der Waals surface area contributed by atoms with Crippen molar-refractivity contribution >= 4 is 78.3 Å². The lowest BCUT2D eigenvalue weighted by Crippen LogP contribution is -2.14. The number of hydrogen-bond acceptors (Lipinski definition) is 6. The van der Waals surface area contributed by atoms with Gasteiger partial charge in [0.2, 0.25) is 0 Å². The fourth-order valence-electron chi connectivity index (χ4n) is 5.71. The van der Waals surface area contributed by atoms with E-state index in [1.807, 2.05) is 109 Å². The lowest BCUT2D eigenvalue weighted by atomic mass is 10.1. The first kappa shape index (κ1) is 29.9. The second-order valence-electron chi connectivity index (χ2n) is 10.5. The van der Waals surface area contributed by atoms with Gasteiger partial charge in [-0.15, -0.1) is 11.8 Å². The number of benzene rings is 4. The molecule has 4 aromatic heterocycles. The number of hydrogen-bond donors (Lipinski definition) is 2. The van der Waals surface area contributed by atoms with Crippen LogP contribution in [0.4, 0.5) is 0 Å². The first-order valence-corrected chi connectivity index (χ1v) is 17.4. The van der Waals surface area contributed by atoms with Crippen molar-refractivity contribution in [3.8, 4) is 22.3 Å². The molecule has 46 heavy (non-hydrogen) atoms. The van der Waals surface area contributed by atoms with E-state index < -0.39 is 10.8 Å². The quantitative estimate of drug-likeness (QED) is 0.182. The van der Waals surface area contributed by atoms with E-state index in [1.54, 1.807) is 0 Å². The van der Waals surface area contributed by atoms with Gasteiger partial charge in [-0.2, -0.15) is 0 Å². The summed E-state index contributed by atoms with van der Waals surface area (Å²) < 4.78 is 24.2. The minimum atomic E-state index is -1.43. The van der Waals surface area contributed by atoms with Gasteiger partial charge in [0.05, 0.1) is 26.7 Å². The Labute approximate surface area is 273 Å². The van der Waals surface area contributed by atoms with Crippen molar-refractivity contribution < 1.29 is 13.0 Å². The Hall–Kier alpha value is -4.83. The van der Waals surface area contributed by atoms with Crippen molar-refractivity contribution in [2.24, 2.45) is 0 Å². The molecule has 2 N–H and O–H groups in total. The summed E-state index contributed by atoms with van der Waals surface area (Å²) in [5.41, 5.74) is 6.64. The fraction of sp³-hybridized carbons (Fsp3) is 0.0556. The first-order chi connectivity index (χ1) is 22.4. The van der Waals surface area contributed by atoms with Crippen molar-refractivity contribution in [2.75, 3.05) is 12.5 Å². The van der Waals surface area contributed by atoms with E-state index >= 15 is 0 Å². The van der Waals surface area contributed by atoms with Crippen LogP contribution < -0.4 is 11.1 Å². The molecule has 0 saturated heterocycles. The maximum Gasteiger partial charge on any atom is 0.265 e. The van der Waals surface area contributed by atoms with Crippen LogP contribution in [-0.4, -0.2) is 26.7 Å². The Bertz CT molecular complexity index is 2570. The van der Waals surface area contributed by atoms with Gasteiger partial charge in [0.15, 0.2) is 11.2 Å². The molecule has 0 spiro atoms. The Balaban J connectivity index is 0.000000147. The fourth-order valence-corrected chi connectivity index (χ4v) is 7.36. The molecule has 0 radical (unpaired) electrons. The summed E-state index contributed by atoms with van der Waals surface area (Å²) in [4.78, 5) is 31.7. The van der Waals surface area contributed by atoms with Crippen molar-refractivity contribution in [2.45, 2.75) is 9.79 Å². The van der Waals surface area contributed by atoms with Gasteiger partial charge in [-0.1, -0.05) is 78.3 Å². The van der Waals surface area contributed by atoms with Crippen molar-refractivity contribution in [1.29, 1.82) is 0 Å². The minimum Gasteiger partial charge on any atom is -0.454 e. The van der Waals surface area contributed by atoms with Gasteiger partial charge < -0.3 is 18.8 Å². The molecule has 1 unspecified atom stereocenters. The number of aromatic amines is 2. The molecule has 0 amide bonds. The number of H-pyrrole nitrogens is 2. The monoisotopic (exact) mass is 664 g/mol. The van der Waals surface area contributed by atoms with Crippen LogP contribution in [0, 0.1) is 0 Å². The van der Waals surface area contributed by atoms with Crippen molar-refractivity contribution in [3.05, 3.63) is 129 Å². The molecule has 0 aliphatic rings. The van der Waals surface area contributed by atoms with Gasteiger partial charge in [-0.05, 0) is 53.8 Å². The molecule has 4 aromatic carbocycles. The number of fused-ring (bicyclic) bond motifs is 6. The van der Waals surface area contributed by atoms with Crippen LogP contribution in [0.3, 0.4) is 0 Å². The molecule has 0 aliphatic heterocycles. The average Bonchev–Trinajstić information content (AvgIpc) is 3.62. The average molecular weight is 665 g/mol. The third kappa shape index (κ3) is 5.16. The summed E-state index contributed by atoms with van der Waals surface area (Å²) in [6, 6.07) is 32.1. The highest BCUT2D eigenvalue weighted by atomic mass is 35.5. The van der Waals surface area contributed by atoms with Gasteiger partial charge in [-0.3, -0.25) is 13.8 Å². The summed E-state index contributed by atoms with van der Waals surface area (Å²) in [7, 11) is -1.43. The van der Waals surface area contributed by atoms with Gasteiger partial charge in [0.1, 0.15) is 16.1 Å². The van der Waals surface area contributed by atoms with Gasteiger partial charge in [0.25, 0.3) is 11.1 Å². The smallest absolute Gasteiger partial charge is 0.265 e. The standard InChI is InChI=1S/C18H12ClNO2S.C18H13NO3S/c1-23-17-14(10-5-4-6-11(19)9-10)16-15(20-18(17)21)12-7-2-3-8-13(12)22-16;1-23(21)17-14(11-7-3-2-4-8-11)16-15(19-18(17)20)12-9-5-6-10-13(12)22-16/h2-9H,1H3,(H,20,21);2-10H,1H3,(H,19,20). The van der Waals surface area contributed by atoms with Crippen molar-refractivity contribution in [3.63, 3.8) is 0 Å². The molecule has 0 aliphatic carbocycles. The predicted molar refractivity (Wildman–Crippen MR) is 189 cm³/mol. The molecule has 0 saturated carbocycles. The molecule has 0 fully saturated rings. The summed E-state index contributed by atoms with van der Waals surface area (Å²) >= 11 is 7.54. The van der Waals surface area contributed by atoms with E-state index in [4.69, 9.17) is 20.4 Å². The van der Waals surface area contributed by atoms with Crippen LogP contribution in [-0.2, 0) is 10.8 Å². The van der Waals surface area contributed by atoms with Crippen LogP contribution >= 0.6 is 23.4 Å². The van der Waals surface area contributed by atoms with Gasteiger partial charge in [-0.25, -0.2) is 0 Å². The van der Waals surface area contributed by atoms with E-state index in [-0.39, 0.29) is 16.0 Å². The predicted octanol–water partition coefficient (Wildman–Crippen LogP) is 9.00. The number of pyridine rings is 2. The number of halogens is 1. The highest BCUT2D eigenvalue weighted by Crippen LogP contribution is 2.39. The number of aromatic nitrogens is 2. The Morgan fingerprint density at radius 3 is 1.80 bits per heavy atom. The molecule has 1 atom stereocenters. The van der Waals surface area contributed by atoms with Gasteiger partial charge >= 0.3 is 0 Å². The summed E-state index contributed by atoms with van der Waals surface area (Å²) in [5, 5.41) is 2.36. The van der Waals surface area contributed by atoms with Crippen LogP contribution in [0.5, 0.6) is 0 Å². The third-order valence-electron chi connectivity index (χ3n) is 7.66. The number of nitrogens with one attached hydrogen (secondary N) is 2. The molecule has 8 rings (SSSR count). The zero-order valence-corrected chi connectivity index (χ0v) is 26.9. The number of para-hydroxylation sites is 2. The first-order valence-electron chi connectivity index (χ1n) is 14.2. The highest BCUT2D eigenvalue weighted by molar-refractivity contribution is 7.98. The van der Waals surface area contributed by atoms with Gasteiger partial charge in [0, 0.05) is 33.2 Å². The molecule has 8 aromatic rings. The Morgan fingerprint density at radius 2 is 1.22 bits per heavy atom. The SMILES string of the molecule is CS(=O)c1c(-c2ccccc2)c2oc3ccccc3c2[nH]c1=O.CSc1c(-c2cccc(Cl)c2)c2oc3ccccc3c2[nH]c1=O. The van der Waals surface area contributed by atoms with Crippen LogP contribution in [0.1, 0.15) is 0 Å². The molecular formula is C36H25ClN2O5S2. The molecule has 228 valence electrons. The second-order valence-corrected chi connectivity index (χ2v) is 13.0. The van der Waals surface area contributed by atoms with E-state index in [0.717, 1.165) is 38.6 Å². The van der Waals surface area contributed by atoms with Crippen molar-refractivity contribution in [1.82, 2.24) is 9.97 Å². The lowest BCUT2D eigenvalue weighted by Gasteiger charge is -2.08. The number of furan rings is 2. The molecule has 10 heteroatoms. The zero-order chi connectivity index (χ0) is 31.9. The lowest BCUT2D eigenvalue weighted by molar-refractivity contribution is 0.665. The largest absolute Gasteiger partial charge is 0.454 e. The van der Waals surface area contributed by atoms with Crippen LogP contribution in [0.25, 0.3) is 66.4 Å². The normalized spacial score (nSPS) is 12.1. The minimum absolute atomic E-state index is 0.119. The summed E-state index contributed by atoms with van der Waals surface area (Å²) in [6.07, 6.45) is 3.39. The van der Waals surface area contributed by atoms with E-state index in [9.17, 15) is 13.8 Å². The Morgan fingerprint density at radius 1 is 0.674 bits per heavy atom. The van der Waals surface area contributed by atoms with E-state index in [1.165, 1.54) is 18.0 Å². The second kappa shape index (κ2) is 12.2. The van der Waals surface area contributed by atoms with E-state index in [2.05, 4.69) is 9.97 Å². The van der Waals surface area contributed by atoms with E-state index in [0.29, 0.717) is 37.7 Å². The molecule has 7 nitrogen and oxygen atoms in total. The zero-order valence-electron chi connectivity index (χ0n) is 24.6. The van der Waals surface area contributed by atoms with Crippen LogP contribution in [0.15, 0.2) is 131 Å². The third-order valence-corrected chi connectivity index (χ3v) is 9.65.